The fraction of sp³-hybridized carbons (Fsp3) is 0.222. The summed E-state index contributed by atoms with van der Waals surface area (Å²) in [5.74, 6) is -1.18. The summed E-state index contributed by atoms with van der Waals surface area (Å²) in [6, 6.07) is 19.4. The first-order chi connectivity index (χ1) is 16.4. The van der Waals surface area contributed by atoms with Gasteiger partial charge in [-0.1, -0.05) is 42.0 Å². The highest BCUT2D eigenvalue weighted by molar-refractivity contribution is 6.00. The Balaban J connectivity index is 1.34. The molecule has 0 bridgehead atoms. The van der Waals surface area contributed by atoms with Gasteiger partial charge in [-0.05, 0) is 80.3 Å². The van der Waals surface area contributed by atoms with Crippen molar-refractivity contribution in [2.24, 2.45) is 0 Å². The number of carbonyl (C=O) groups is 3. The molecule has 174 valence electrons. The number of amides is 2. The molecule has 2 amide bonds. The van der Waals surface area contributed by atoms with Gasteiger partial charge in [0.1, 0.15) is 6.04 Å². The number of esters is 2. The molecule has 1 fully saturated rings. The molecule has 1 atom stereocenters. The maximum Gasteiger partial charge on any atom is 0.345 e. The topological polar surface area (TPSA) is 96.5 Å². The number of anilines is 2. The summed E-state index contributed by atoms with van der Waals surface area (Å²) in [6.45, 7) is 4.72. The Bertz CT molecular complexity index is 1200. The highest BCUT2D eigenvalue weighted by Crippen LogP contribution is 2.23. The van der Waals surface area contributed by atoms with Crippen LogP contribution in [-0.2, 0) is 9.53 Å². The summed E-state index contributed by atoms with van der Waals surface area (Å²) in [5, 5.41) is 8.71. The Morgan fingerprint density at radius 2 is 1.56 bits per heavy atom. The second-order valence-electron chi connectivity index (χ2n) is 8.41. The van der Waals surface area contributed by atoms with Crippen molar-refractivity contribution in [3.05, 3.63) is 83.4 Å². The monoisotopic (exact) mass is 457 g/mol. The number of benzene rings is 3. The zero-order chi connectivity index (χ0) is 24.1. The van der Waals surface area contributed by atoms with Crippen LogP contribution >= 0.6 is 0 Å². The molecule has 0 aromatic heterocycles. The molecule has 0 saturated carbocycles. The molecule has 34 heavy (non-hydrogen) atoms. The molecule has 0 unspecified atom stereocenters. The highest BCUT2D eigenvalue weighted by atomic mass is 16.6. The minimum Gasteiger partial charge on any atom is -0.388 e. The lowest BCUT2D eigenvalue weighted by Crippen LogP contribution is -2.33. The predicted octanol–water partition coefficient (Wildman–Crippen LogP) is 5.05. The van der Waals surface area contributed by atoms with Crippen LogP contribution in [0.25, 0.3) is 11.1 Å². The molecule has 0 spiro atoms. The third kappa shape index (κ3) is 5.68. The third-order valence-electron chi connectivity index (χ3n) is 5.76. The molecule has 7 nitrogen and oxygen atoms in total. The van der Waals surface area contributed by atoms with Crippen LogP contribution in [0.5, 0.6) is 0 Å². The smallest absolute Gasteiger partial charge is 0.345 e. The number of carbonyl (C=O) groups excluding carboxylic acids is 3. The molecular weight excluding hydrogens is 430 g/mol. The van der Waals surface area contributed by atoms with Crippen molar-refractivity contribution >= 4 is 29.3 Å². The van der Waals surface area contributed by atoms with Crippen LogP contribution in [-0.4, -0.2) is 30.6 Å². The lowest BCUT2D eigenvalue weighted by molar-refractivity contribution is -0.139. The number of hydrogen-bond acceptors (Lipinski definition) is 5. The van der Waals surface area contributed by atoms with E-state index in [-0.39, 0.29) is 6.03 Å². The van der Waals surface area contributed by atoms with E-state index in [1.165, 1.54) is 0 Å². The first-order valence-electron chi connectivity index (χ1n) is 11.2. The van der Waals surface area contributed by atoms with Crippen molar-refractivity contribution in [3.8, 4) is 11.1 Å². The van der Waals surface area contributed by atoms with E-state index in [0.717, 1.165) is 40.9 Å². The summed E-state index contributed by atoms with van der Waals surface area (Å²) in [5.41, 5.74) is 5.69. The Morgan fingerprint density at radius 1 is 0.882 bits per heavy atom. The number of hydrogen-bond donors (Lipinski definition) is 3. The lowest BCUT2D eigenvalue weighted by atomic mass is 10.0. The van der Waals surface area contributed by atoms with E-state index in [4.69, 9.17) is 4.74 Å². The van der Waals surface area contributed by atoms with Crippen molar-refractivity contribution in [2.45, 2.75) is 32.7 Å². The SMILES string of the molecule is Cc1ccc(NC(=O)Nc2ccc(-c3ccc(C(=O)OC(=O)[C@@H]4CCCN4)cc3)cc2)c(C)c1. The van der Waals surface area contributed by atoms with Gasteiger partial charge in [-0.3, -0.25) is 0 Å². The largest absolute Gasteiger partial charge is 0.388 e. The quantitative estimate of drug-likeness (QED) is 0.368. The van der Waals surface area contributed by atoms with Crippen molar-refractivity contribution in [2.75, 3.05) is 17.2 Å². The van der Waals surface area contributed by atoms with Gasteiger partial charge in [0.05, 0.1) is 5.56 Å². The van der Waals surface area contributed by atoms with E-state index in [0.29, 0.717) is 17.7 Å². The number of nitrogens with one attached hydrogen (secondary N) is 3. The average molecular weight is 458 g/mol. The van der Waals surface area contributed by atoms with Gasteiger partial charge in [-0.15, -0.1) is 0 Å². The van der Waals surface area contributed by atoms with Crippen LogP contribution in [0.15, 0.2) is 66.7 Å². The van der Waals surface area contributed by atoms with Gasteiger partial charge >= 0.3 is 18.0 Å². The maximum absolute atomic E-state index is 12.3. The second kappa shape index (κ2) is 10.3. The van der Waals surface area contributed by atoms with Crippen molar-refractivity contribution in [1.82, 2.24) is 5.32 Å². The molecule has 3 N–H and O–H groups in total. The highest BCUT2D eigenvalue weighted by Gasteiger charge is 2.26. The molecule has 1 aliphatic heterocycles. The Hall–Kier alpha value is -3.97. The zero-order valence-electron chi connectivity index (χ0n) is 19.2. The summed E-state index contributed by atoms with van der Waals surface area (Å²) in [6.07, 6.45) is 1.58. The zero-order valence-corrected chi connectivity index (χ0v) is 19.2. The fourth-order valence-electron chi connectivity index (χ4n) is 3.89. The average Bonchev–Trinajstić information content (AvgIpc) is 3.37. The third-order valence-corrected chi connectivity index (χ3v) is 5.76. The molecule has 1 saturated heterocycles. The van der Waals surface area contributed by atoms with E-state index in [1.54, 1.807) is 24.3 Å². The van der Waals surface area contributed by atoms with Crippen LogP contribution in [0.4, 0.5) is 16.2 Å². The molecule has 0 aliphatic carbocycles. The van der Waals surface area contributed by atoms with Crippen LogP contribution in [0, 0.1) is 13.8 Å². The minimum absolute atomic E-state index is 0.315. The lowest BCUT2D eigenvalue weighted by Gasteiger charge is -2.11. The maximum atomic E-state index is 12.3. The summed E-state index contributed by atoms with van der Waals surface area (Å²) >= 11 is 0. The minimum atomic E-state index is -0.653. The van der Waals surface area contributed by atoms with Gasteiger partial charge in [-0.2, -0.15) is 0 Å². The molecule has 4 rings (SSSR count). The normalized spacial score (nSPS) is 14.9. The van der Waals surface area contributed by atoms with Gasteiger partial charge in [0.25, 0.3) is 0 Å². The van der Waals surface area contributed by atoms with Gasteiger partial charge < -0.3 is 20.7 Å². The van der Waals surface area contributed by atoms with Crippen molar-refractivity contribution < 1.29 is 19.1 Å². The van der Waals surface area contributed by atoms with Crippen LogP contribution in [0.2, 0.25) is 0 Å². The number of aryl methyl sites for hydroxylation is 2. The first kappa shape index (κ1) is 23.2. The molecule has 0 radical (unpaired) electrons. The van der Waals surface area contributed by atoms with E-state index >= 15 is 0 Å². The van der Waals surface area contributed by atoms with Crippen LogP contribution in [0.3, 0.4) is 0 Å². The van der Waals surface area contributed by atoms with Gasteiger partial charge in [0.15, 0.2) is 0 Å². The van der Waals surface area contributed by atoms with Gasteiger partial charge in [0, 0.05) is 11.4 Å². The Labute approximate surface area is 198 Å². The van der Waals surface area contributed by atoms with E-state index in [1.807, 2.05) is 56.3 Å². The first-order valence-corrected chi connectivity index (χ1v) is 11.2. The van der Waals surface area contributed by atoms with Crippen molar-refractivity contribution in [3.63, 3.8) is 0 Å². The summed E-state index contributed by atoms with van der Waals surface area (Å²) in [4.78, 5) is 36.6. The van der Waals surface area contributed by atoms with Gasteiger partial charge in [0.2, 0.25) is 0 Å². The van der Waals surface area contributed by atoms with E-state index in [9.17, 15) is 14.4 Å². The standard InChI is InChI=1S/C27H27N3O4/c1-17-5-14-23(18(2)16-17)30-27(33)29-22-12-10-20(11-13-22)19-6-8-21(9-7-19)25(31)34-26(32)24-4-3-15-28-24/h5-14,16,24,28H,3-4,15H2,1-2H3,(H2,29,30,33)/t24-/m0/s1. The number of rotatable bonds is 5. The summed E-state index contributed by atoms with van der Waals surface area (Å²) in [7, 11) is 0. The fourth-order valence-corrected chi connectivity index (χ4v) is 3.89. The Kier molecular flexibility index (Phi) is 7.04. The molecule has 1 heterocycles. The molecule has 3 aromatic carbocycles. The molecule has 7 heteroatoms. The molecule has 1 aliphatic rings. The van der Waals surface area contributed by atoms with E-state index in [2.05, 4.69) is 16.0 Å². The van der Waals surface area contributed by atoms with Crippen LogP contribution in [0.1, 0.15) is 34.3 Å². The number of ether oxygens (including phenoxy) is 1. The molecule has 3 aromatic rings. The predicted molar refractivity (Wildman–Crippen MR) is 132 cm³/mol. The second-order valence-corrected chi connectivity index (χ2v) is 8.41. The molecular formula is C27H27N3O4. The number of urea groups is 1. The van der Waals surface area contributed by atoms with Crippen molar-refractivity contribution in [1.29, 1.82) is 0 Å². The summed E-state index contributed by atoms with van der Waals surface area (Å²) < 4.78 is 4.99. The van der Waals surface area contributed by atoms with Gasteiger partial charge in [-0.25, -0.2) is 14.4 Å². The van der Waals surface area contributed by atoms with E-state index < -0.39 is 18.0 Å². The van der Waals surface area contributed by atoms with Crippen LogP contribution < -0.4 is 16.0 Å². The Morgan fingerprint density at radius 3 is 2.18 bits per heavy atom.